The van der Waals surface area contributed by atoms with Crippen molar-refractivity contribution in [3.8, 4) is 0 Å². The summed E-state index contributed by atoms with van der Waals surface area (Å²) in [7, 11) is 0. The van der Waals surface area contributed by atoms with Crippen molar-refractivity contribution >= 4 is 11.7 Å². The van der Waals surface area contributed by atoms with E-state index in [4.69, 9.17) is 4.74 Å². The van der Waals surface area contributed by atoms with Crippen molar-refractivity contribution in [2.45, 2.75) is 46.3 Å². The van der Waals surface area contributed by atoms with E-state index in [2.05, 4.69) is 18.3 Å². The van der Waals surface area contributed by atoms with E-state index in [-0.39, 0.29) is 18.2 Å². The molecule has 0 aliphatic carbocycles. The van der Waals surface area contributed by atoms with Gasteiger partial charge in [-0.15, -0.1) is 0 Å². The Morgan fingerprint density at radius 3 is 2.60 bits per heavy atom. The largest absolute Gasteiger partial charge is 0.372 e. The van der Waals surface area contributed by atoms with Gasteiger partial charge in [-0.1, -0.05) is 25.1 Å². The molecule has 0 radical (unpaired) electrons. The fraction of sp³-hybridized carbons (Fsp3) is 0.562. The molecular formula is C16H24N2O2. The molecule has 2 atom stereocenters. The zero-order chi connectivity index (χ0) is 14.7. The number of benzene rings is 1. The molecule has 2 unspecified atom stereocenters. The standard InChI is InChI=1S/C16H24N2O2/c1-5-14-8-6-7-11(2)15(14)17-16(19)18-9-12(3)20-13(4)10-18/h6-8,12-13H,5,9-10H2,1-4H3,(H,17,19). The van der Waals surface area contributed by atoms with E-state index in [1.54, 1.807) is 0 Å². The van der Waals surface area contributed by atoms with Crippen molar-refractivity contribution in [1.29, 1.82) is 0 Å². The average molecular weight is 276 g/mol. The quantitative estimate of drug-likeness (QED) is 0.901. The van der Waals surface area contributed by atoms with Crippen LogP contribution in [0.2, 0.25) is 0 Å². The molecule has 1 aromatic rings. The van der Waals surface area contributed by atoms with Gasteiger partial charge in [0, 0.05) is 18.8 Å². The monoisotopic (exact) mass is 276 g/mol. The molecular weight excluding hydrogens is 252 g/mol. The van der Waals surface area contributed by atoms with E-state index in [9.17, 15) is 4.79 Å². The fourth-order valence-electron chi connectivity index (χ4n) is 2.73. The van der Waals surface area contributed by atoms with Crippen LogP contribution in [0, 0.1) is 6.92 Å². The summed E-state index contributed by atoms with van der Waals surface area (Å²) in [5, 5.41) is 3.07. The number of para-hydroxylation sites is 1. The van der Waals surface area contributed by atoms with Crippen LogP contribution < -0.4 is 5.32 Å². The predicted molar refractivity (Wildman–Crippen MR) is 81.2 cm³/mol. The number of urea groups is 1. The van der Waals surface area contributed by atoms with Crippen molar-refractivity contribution in [2.75, 3.05) is 18.4 Å². The highest BCUT2D eigenvalue weighted by atomic mass is 16.5. The van der Waals surface area contributed by atoms with Gasteiger partial charge in [0.15, 0.2) is 0 Å². The summed E-state index contributed by atoms with van der Waals surface area (Å²) in [6.07, 6.45) is 1.09. The average Bonchev–Trinajstić information content (AvgIpc) is 2.39. The summed E-state index contributed by atoms with van der Waals surface area (Å²) in [6.45, 7) is 9.41. The zero-order valence-electron chi connectivity index (χ0n) is 12.8. The third kappa shape index (κ3) is 3.31. The molecule has 1 aliphatic heterocycles. The zero-order valence-corrected chi connectivity index (χ0v) is 12.8. The van der Waals surface area contributed by atoms with Crippen LogP contribution in [-0.4, -0.2) is 36.2 Å². The summed E-state index contributed by atoms with van der Waals surface area (Å²) < 4.78 is 5.66. The maximum absolute atomic E-state index is 12.4. The van der Waals surface area contributed by atoms with Gasteiger partial charge in [0.25, 0.3) is 0 Å². The van der Waals surface area contributed by atoms with Crippen LogP contribution in [0.1, 0.15) is 31.9 Å². The summed E-state index contributed by atoms with van der Waals surface area (Å²) in [6, 6.07) is 6.09. The van der Waals surface area contributed by atoms with Gasteiger partial charge >= 0.3 is 6.03 Å². The van der Waals surface area contributed by atoms with Crippen molar-refractivity contribution in [1.82, 2.24) is 4.90 Å². The van der Waals surface area contributed by atoms with Crippen LogP contribution >= 0.6 is 0 Å². The van der Waals surface area contributed by atoms with Crippen LogP contribution in [0.5, 0.6) is 0 Å². The van der Waals surface area contributed by atoms with E-state index in [1.807, 2.05) is 37.8 Å². The van der Waals surface area contributed by atoms with E-state index in [0.717, 1.165) is 17.7 Å². The van der Waals surface area contributed by atoms with E-state index in [0.29, 0.717) is 13.1 Å². The molecule has 110 valence electrons. The molecule has 0 bridgehead atoms. The number of hydrogen-bond acceptors (Lipinski definition) is 2. The molecule has 4 heteroatoms. The normalized spacial score (nSPS) is 22.7. The molecule has 0 spiro atoms. The molecule has 20 heavy (non-hydrogen) atoms. The Balaban J connectivity index is 2.12. The molecule has 4 nitrogen and oxygen atoms in total. The number of morpholine rings is 1. The number of nitrogens with zero attached hydrogens (tertiary/aromatic N) is 1. The highest BCUT2D eigenvalue weighted by Crippen LogP contribution is 2.22. The Morgan fingerprint density at radius 1 is 1.35 bits per heavy atom. The van der Waals surface area contributed by atoms with E-state index >= 15 is 0 Å². The third-order valence-corrected chi connectivity index (χ3v) is 3.68. The lowest BCUT2D eigenvalue weighted by Gasteiger charge is -2.35. The maximum atomic E-state index is 12.4. The number of hydrogen-bond donors (Lipinski definition) is 1. The second kappa shape index (κ2) is 6.27. The van der Waals surface area contributed by atoms with Gasteiger partial charge in [-0.2, -0.15) is 0 Å². The fourth-order valence-corrected chi connectivity index (χ4v) is 2.73. The molecule has 1 N–H and O–H groups in total. The second-order valence-electron chi connectivity index (χ2n) is 5.56. The van der Waals surface area contributed by atoms with Gasteiger partial charge in [-0.25, -0.2) is 4.79 Å². The maximum Gasteiger partial charge on any atom is 0.322 e. The first kappa shape index (κ1) is 14.9. The minimum absolute atomic E-state index is 0.0315. The Labute approximate surface area is 121 Å². The predicted octanol–water partition coefficient (Wildman–Crippen LogP) is 3.20. The van der Waals surface area contributed by atoms with Gasteiger partial charge in [0.05, 0.1) is 12.2 Å². The summed E-state index contributed by atoms with van der Waals surface area (Å²) in [5.41, 5.74) is 3.23. The van der Waals surface area contributed by atoms with E-state index in [1.165, 1.54) is 5.56 Å². The molecule has 2 amide bonds. The number of anilines is 1. The molecule has 1 fully saturated rings. The number of ether oxygens (including phenoxy) is 1. The van der Waals surface area contributed by atoms with Gasteiger partial charge in [0.1, 0.15) is 0 Å². The minimum atomic E-state index is -0.0315. The smallest absolute Gasteiger partial charge is 0.322 e. The SMILES string of the molecule is CCc1cccc(C)c1NC(=O)N1CC(C)OC(C)C1. The topological polar surface area (TPSA) is 41.6 Å². The number of rotatable bonds is 2. The highest BCUT2D eigenvalue weighted by Gasteiger charge is 2.26. The lowest BCUT2D eigenvalue weighted by molar-refractivity contribution is -0.0530. The summed E-state index contributed by atoms with van der Waals surface area (Å²) >= 11 is 0. The number of amides is 2. The van der Waals surface area contributed by atoms with Gasteiger partial charge in [0.2, 0.25) is 0 Å². The van der Waals surface area contributed by atoms with Crippen LogP contribution in [-0.2, 0) is 11.2 Å². The Kier molecular flexibility index (Phi) is 4.65. The highest BCUT2D eigenvalue weighted by molar-refractivity contribution is 5.91. The van der Waals surface area contributed by atoms with Crippen molar-refractivity contribution < 1.29 is 9.53 Å². The number of nitrogens with one attached hydrogen (secondary N) is 1. The lowest BCUT2D eigenvalue weighted by Crippen LogP contribution is -2.49. The van der Waals surface area contributed by atoms with Crippen molar-refractivity contribution in [2.24, 2.45) is 0 Å². The number of aryl methyl sites for hydroxylation is 2. The van der Waals surface area contributed by atoms with Crippen LogP contribution in [0.3, 0.4) is 0 Å². The second-order valence-corrected chi connectivity index (χ2v) is 5.56. The first-order valence-electron chi connectivity index (χ1n) is 7.31. The molecule has 1 aromatic carbocycles. The van der Waals surface area contributed by atoms with Crippen molar-refractivity contribution in [3.05, 3.63) is 29.3 Å². The van der Waals surface area contributed by atoms with Crippen LogP contribution in [0.15, 0.2) is 18.2 Å². The Morgan fingerprint density at radius 2 is 2.00 bits per heavy atom. The number of carbonyl (C=O) groups is 1. The molecule has 0 aromatic heterocycles. The molecule has 1 aliphatic rings. The molecule has 2 rings (SSSR count). The lowest BCUT2D eigenvalue weighted by atomic mass is 10.1. The molecule has 0 saturated carbocycles. The van der Waals surface area contributed by atoms with Gasteiger partial charge in [-0.3, -0.25) is 0 Å². The molecule has 1 saturated heterocycles. The minimum Gasteiger partial charge on any atom is -0.372 e. The van der Waals surface area contributed by atoms with Gasteiger partial charge < -0.3 is 15.0 Å². The Hall–Kier alpha value is -1.55. The van der Waals surface area contributed by atoms with E-state index < -0.39 is 0 Å². The van der Waals surface area contributed by atoms with Gasteiger partial charge in [-0.05, 0) is 38.3 Å². The van der Waals surface area contributed by atoms with Crippen LogP contribution in [0.4, 0.5) is 10.5 Å². The van der Waals surface area contributed by atoms with Crippen LogP contribution in [0.25, 0.3) is 0 Å². The number of carbonyl (C=O) groups excluding carboxylic acids is 1. The Bertz CT molecular complexity index is 477. The summed E-state index contributed by atoms with van der Waals surface area (Å²) in [5.74, 6) is 0. The molecule has 1 heterocycles. The third-order valence-electron chi connectivity index (χ3n) is 3.68. The summed E-state index contributed by atoms with van der Waals surface area (Å²) in [4.78, 5) is 14.3. The van der Waals surface area contributed by atoms with Crippen molar-refractivity contribution in [3.63, 3.8) is 0 Å². The first-order valence-corrected chi connectivity index (χ1v) is 7.31. The first-order chi connectivity index (χ1) is 9.51.